The third-order valence-electron chi connectivity index (χ3n) is 4.10. The molecule has 7 heteroatoms. The molecule has 1 fully saturated rings. The molecular weight excluding hydrogens is 314 g/mol. The predicted octanol–water partition coefficient (Wildman–Crippen LogP) is 1.43. The third kappa shape index (κ3) is 3.98. The maximum atomic E-state index is 12.2. The fourth-order valence-electron chi connectivity index (χ4n) is 2.65. The number of benzene rings is 1. The second-order valence-corrected chi connectivity index (χ2v) is 8.11. The van der Waals surface area contributed by atoms with Gasteiger partial charge in [-0.15, -0.1) is 0 Å². The van der Waals surface area contributed by atoms with Gasteiger partial charge in [-0.3, -0.25) is 4.79 Å². The molecule has 6 nitrogen and oxygen atoms in total. The molecule has 2 aromatic rings. The zero-order valence-electron chi connectivity index (χ0n) is 12.7. The molecule has 0 bridgehead atoms. The monoisotopic (exact) mass is 333 g/mol. The number of nitrogens with zero attached hydrogens (tertiary/aromatic N) is 2. The third-order valence-corrected chi connectivity index (χ3v) is 5.81. The van der Waals surface area contributed by atoms with Crippen molar-refractivity contribution in [3.8, 4) is 5.69 Å². The highest BCUT2D eigenvalue weighted by Crippen LogP contribution is 2.18. The van der Waals surface area contributed by atoms with Crippen LogP contribution in [0.3, 0.4) is 0 Å². The lowest BCUT2D eigenvalue weighted by molar-refractivity contribution is 0.0942. The van der Waals surface area contributed by atoms with Gasteiger partial charge in [-0.1, -0.05) is 18.2 Å². The molecule has 0 saturated carbocycles. The second kappa shape index (κ2) is 6.54. The van der Waals surface area contributed by atoms with Crippen molar-refractivity contribution in [1.29, 1.82) is 0 Å². The molecule has 23 heavy (non-hydrogen) atoms. The Hall–Kier alpha value is -2.15. The van der Waals surface area contributed by atoms with E-state index < -0.39 is 9.84 Å². The van der Waals surface area contributed by atoms with E-state index in [9.17, 15) is 13.2 Å². The number of para-hydroxylation sites is 1. The number of carbonyl (C=O) groups excluding carboxylic acids is 1. The van der Waals surface area contributed by atoms with Crippen LogP contribution in [0.5, 0.6) is 0 Å². The van der Waals surface area contributed by atoms with Crippen molar-refractivity contribution in [3.05, 3.63) is 48.5 Å². The number of hydrogen-bond acceptors (Lipinski definition) is 4. The Labute approximate surface area is 135 Å². The zero-order valence-corrected chi connectivity index (χ0v) is 13.5. The van der Waals surface area contributed by atoms with Gasteiger partial charge in [0.2, 0.25) is 0 Å². The standard InChI is InChI=1S/C16H19N3O3S/c20-16(17-10-13-6-8-23(21,22)9-7-13)15-11-19(12-18-15)14-4-2-1-3-5-14/h1-5,11-13H,6-10H2,(H,17,20). The molecule has 0 atom stereocenters. The highest BCUT2D eigenvalue weighted by molar-refractivity contribution is 7.91. The van der Waals surface area contributed by atoms with Crippen LogP contribution in [0.25, 0.3) is 5.69 Å². The van der Waals surface area contributed by atoms with Crippen LogP contribution in [0, 0.1) is 5.92 Å². The van der Waals surface area contributed by atoms with E-state index in [-0.39, 0.29) is 23.3 Å². The van der Waals surface area contributed by atoms with Gasteiger partial charge in [0, 0.05) is 18.4 Å². The first-order chi connectivity index (χ1) is 11.0. The quantitative estimate of drug-likeness (QED) is 0.918. The van der Waals surface area contributed by atoms with Gasteiger partial charge in [0.05, 0.1) is 11.5 Å². The molecule has 0 spiro atoms. The van der Waals surface area contributed by atoms with Crippen LogP contribution in [0.15, 0.2) is 42.9 Å². The average molecular weight is 333 g/mol. The lowest BCUT2D eigenvalue weighted by Crippen LogP contribution is -2.34. The van der Waals surface area contributed by atoms with Crippen LogP contribution in [0.4, 0.5) is 0 Å². The van der Waals surface area contributed by atoms with Crippen LogP contribution in [0.1, 0.15) is 23.3 Å². The predicted molar refractivity (Wildman–Crippen MR) is 87.3 cm³/mol. The Kier molecular flexibility index (Phi) is 4.47. The summed E-state index contributed by atoms with van der Waals surface area (Å²) < 4.78 is 24.6. The van der Waals surface area contributed by atoms with Crippen molar-refractivity contribution in [2.24, 2.45) is 5.92 Å². The van der Waals surface area contributed by atoms with Crippen LogP contribution < -0.4 is 5.32 Å². The maximum Gasteiger partial charge on any atom is 0.271 e. The fraction of sp³-hybridized carbons (Fsp3) is 0.375. The maximum absolute atomic E-state index is 12.2. The molecule has 1 aromatic heterocycles. The molecular formula is C16H19N3O3S. The van der Waals surface area contributed by atoms with Gasteiger partial charge in [-0.25, -0.2) is 13.4 Å². The second-order valence-electron chi connectivity index (χ2n) is 5.81. The van der Waals surface area contributed by atoms with Crippen LogP contribution in [0.2, 0.25) is 0 Å². The molecule has 122 valence electrons. The van der Waals surface area contributed by atoms with E-state index in [0.717, 1.165) is 5.69 Å². The van der Waals surface area contributed by atoms with Gasteiger partial charge in [0.25, 0.3) is 5.91 Å². The van der Waals surface area contributed by atoms with Gasteiger partial charge < -0.3 is 9.88 Å². The summed E-state index contributed by atoms with van der Waals surface area (Å²) in [7, 11) is -2.86. The Bertz CT molecular complexity index is 770. The summed E-state index contributed by atoms with van der Waals surface area (Å²) in [6, 6.07) is 9.65. The van der Waals surface area contributed by atoms with E-state index in [0.29, 0.717) is 25.1 Å². The van der Waals surface area contributed by atoms with Crippen molar-refractivity contribution < 1.29 is 13.2 Å². The van der Waals surface area contributed by atoms with Gasteiger partial charge in [0.15, 0.2) is 0 Å². The molecule has 0 aliphatic carbocycles. The smallest absolute Gasteiger partial charge is 0.271 e. The lowest BCUT2D eigenvalue weighted by atomic mass is 10.0. The Morgan fingerprint density at radius 2 is 1.91 bits per heavy atom. The summed E-state index contributed by atoms with van der Waals surface area (Å²) in [6.45, 7) is 0.493. The first-order valence-electron chi connectivity index (χ1n) is 7.61. The number of rotatable bonds is 4. The van der Waals surface area contributed by atoms with Crippen molar-refractivity contribution in [1.82, 2.24) is 14.9 Å². The summed E-state index contributed by atoms with van der Waals surface area (Å²) in [5, 5.41) is 2.85. The largest absolute Gasteiger partial charge is 0.350 e. The van der Waals surface area contributed by atoms with E-state index in [1.54, 1.807) is 17.1 Å². The van der Waals surface area contributed by atoms with E-state index in [1.165, 1.54) is 0 Å². The van der Waals surface area contributed by atoms with E-state index >= 15 is 0 Å². The molecule has 1 amide bonds. The number of carbonyl (C=O) groups is 1. The van der Waals surface area contributed by atoms with Crippen LogP contribution in [-0.4, -0.2) is 41.9 Å². The average Bonchev–Trinajstić information content (AvgIpc) is 3.04. The molecule has 1 saturated heterocycles. The Morgan fingerprint density at radius 1 is 1.22 bits per heavy atom. The summed E-state index contributed by atoms with van der Waals surface area (Å²) in [4.78, 5) is 16.3. The van der Waals surface area contributed by atoms with Gasteiger partial charge in [0.1, 0.15) is 21.9 Å². The highest BCUT2D eigenvalue weighted by Gasteiger charge is 2.24. The Balaban J connectivity index is 1.56. The van der Waals surface area contributed by atoms with Gasteiger partial charge in [-0.2, -0.15) is 0 Å². The minimum Gasteiger partial charge on any atom is -0.350 e. The summed E-state index contributed by atoms with van der Waals surface area (Å²) in [5.41, 5.74) is 1.30. The van der Waals surface area contributed by atoms with Crippen LogP contribution >= 0.6 is 0 Å². The van der Waals surface area contributed by atoms with E-state index in [2.05, 4.69) is 10.3 Å². The summed E-state index contributed by atoms with van der Waals surface area (Å²) in [5.74, 6) is 0.429. The number of aromatic nitrogens is 2. The van der Waals surface area contributed by atoms with E-state index in [4.69, 9.17) is 0 Å². The molecule has 0 unspecified atom stereocenters. The van der Waals surface area contributed by atoms with Crippen molar-refractivity contribution in [3.63, 3.8) is 0 Å². The number of nitrogens with one attached hydrogen (secondary N) is 1. The molecule has 1 N–H and O–H groups in total. The topological polar surface area (TPSA) is 81.1 Å². The minimum atomic E-state index is -2.86. The SMILES string of the molecule is O=C(NCC1CCS(=O)(=O)CC1)c1cn(-c2ccccc2)cn1. The number of hydrogen-bond donors (Lipinski definition) is 1. The normalized spacial score (nSPS) is 17.7. The van der Waals surface area contributed by atoms with Crippen molar-refractivity contribution in [2.75, 3.05) is 18.1 Å². The highest BCUT2D eigenvalue weighted by atomic mass is 32.2. The molecule has 1 aliphatic heterocycles. The van der Waals surface area contributed by atoms with Crippen molar-refractivity contribution in [2.45, 2.75) is 12.8 Å². The molecule has 0 radical (unpaired) electrons. The zero-order chi connectivity index (χ0) is 16.3. The number of sulfone groups is 1. The summed E-state index contributed by atoms with van der Waals surface area (Å²) in [6.07, 6.45) is 4.52. The van der Waals surface area contributed by atoms with Crippen molar-refractivity contribution >= 4 is 15.7 Å². The first kappa shape index (κ1) is 15.7. The fourth-order valence-corrected chi connectivity index (χ4v) is 4.24. The molecule has 2 heterocycles. The van der Waals surface area contributed by atoms with Crippen LogP contribution in [-0.2, 0) is 9.84 Å². The summed E-state index contributed by atoms with van der Waals surface area (Å²) >= 11 is 0. The van der Waals surface area contributed by atoms with Gasteiger partial charge >= 0.3 is 0 Å². The first-order valence-corrected chi connectivity index (χ1v) is 9.44. The molecule has 1 aliphatic rings. The molecule has 1 aromatic carbocycles. The van der Waals surface area contributed by atoms with E-state index in [1.807, 2.05) is 30.3 Å². The number of amides is 1. The number of imidazole rings is 1. The minimum absolute atomic E-state index is 0.218. The molecule has 3 rings (SSSR count). The Morgan fingerprint density at radius 3 is 2.61 bits per heavy atom. The van der Waals surface area contributed by atoms with Gasteiger partial charge in [-0.05, 0) is 30.9 Å². The lowest BCUT2D eigenvalue weighted by Gasteiger charge is -2.21.